The van der Waals surface area contributed by atoms with Crippen molar-refractivity contribution in [3.63, 3.8) is 0 Å². The van der Waals surface area contributed by atoms with Crippen molar-refractivity contribution in [2.24, 2.45) is 0 Å². The van der Waals surface area contributed by atoms with Crippen molar-refractivity contribution in [2.75, 3.05) is 25.1 Å². The summed E-state index contributed by atoms with van der Waals surface area (Å²) in [7, 11) is 1.60. The van der Waals surface area contributed by atoms with Gasteiger partial charge < -0.3 is 9.64 Å². The maximum absolute atomic E-state index is 13.7. The number of methoxy groups -OCH3 is 1. The third-order valence-corrected chi connectivity index (χ3v) is 5.85. The molecule has 3 aromatic rings. The van der Waals surface area contributed by atoms with Gasteiger partial charge in [0.25, 0.3) is 11.8 Å². The molecule has 2 heterocycles. The van der Waals surface area contributed by atoms with Gasteiger partial charge in [0, 0.05) is 25.5 Å². The van der Waals surface area contributed by atoms with Crippen LogP contribution in [0.3, 0.4) is 0 Å². The number of imide groups is 1. The van der Waals surface area contributed by atoms with Crippen molar-refractivity contribution in [1.82, 2.24) is 9.88 Å². The van der Waals surface area contributed by atoms with Crippen LogP contribution in [-0.4, -0.2) is 41.9 Å². The Bertz CT molecular complexity index is 1170. The first-order chi connectivity index (χ1) is 16.0. The van der Waals surface area contributed by atoms with Gasteiger partial charge in [-0.15, -0.1) is 0 Å². The van der Waals surface area contributed by atoms with Gasteiger partial charge in [0.1, 0.15) is 11.4 Å². The molecule has 0 radical (unpaired) electrons. The molecule has 168 valence electrons. The summed E-state index contributed by atoms with van der Waals surface area (Å²) >= 11 is 0. The molecule has 2 aromatic carbocycles. The number of rotatable bonds is 8. The molecule has 6 heteroatoms. The highest BCUT2D eigenvalue weighted by atomic mass is 16.5. The summed E-state index contributed by atoms with van der Waals surface area (Å²) in [5.74, 6) is 0.0794. The molecule has 0 saturated heterocycles. The van der Waals surface area contributed by atoms with E-state index in [9.17, 15) is 9.59 Å². The fourth-order valence-corrected chi connectivity index (χ4v) is 4.00. The largest absolute Gasteiger partial charge is 0.497 e. The normalized spacial score (nSPS) is 13.6. The average Bonchev–Trinajstić information content (AvgIpc) is 3.11. The molecule has 2 amide bonds. The Morgan fingerprint density at radius 2 is 1.58 bits per heavy atom. The van der Waals surface area contributed by atoms with E-state index >= 15 is 0 Å². The maximum atomic E-state index is 13.7. The van der Waals surface area contributed by atoms with Crippen LogP contribution in [0.2, 0.25) is 0 Å². The molecular weight excluding hydrogens is 414 g/mol. The first-order valence-electron chi connectivity index (χ1n) is 11.0. The van der Waals surface area contributed by atoms with E-state index in [4.69, 9.17) is 4.74 Å². The Hall–Kier alpha value is -3.93. The molecule has 1 aliphatic heterocycles. The van der Waals surface area contributed by atoms with Gasteiger partial charge in [-0.3, -0.25) is 14.6 Å². The lowest BCUT2D eigenvalue weighted by atomic mass is 10.0. The van der Waals surface area contributed by atoms with Gasteiger partial charge in [0.2, 0.25) is 0 Å². The number of aromatic nitrogens is 1. The van der Waals surface area contributed by atoms with Gasteiger partial charge in [-0.2, -0.15) is 0 Å². The first-order valence-corrected chi connectivity index (χ1v) is 11.0. The van der Waals surface area contributed by atoms with Gasteiger partial charge in [0.15, 0.2) is 0 Å². The van der Waals surface area contributed by atoms with Crippen LogP contribution in [0.1, 0.15) is 23.6 Å². The summed E-state index contributed by atoms with van der Waals surface area (Å²) in [5, 5.41) is 0. The van der Waals surface area contributed by atoms with Crippen LogP contribution in [0.15, 0.2) is 78.8 Å². The maximum Gasteiger partial charge on any atom is 0.282 e. The third kappa shape index (κ3) is 4.51. The lowest BCUT2D eigenvalue weighted by molar-refractivity contribution is -0.120. The molecule has 33 heavy (non-hydrogen) atoms. The second-order valence-electron chi connectivity index (χ2n) is 7.92. The van der Waals surface area contributed by atoms with Gasteiger partial charge in [0.05, 0.1) is 18.4 Å². The number of carbonyl (C=O) groups is 2. The van der Waals surface area contributed by atoms with E-state index in [0.29, 0.717) is 41.4 Å². The minimum atomic E-state index is -0.314. The molecule has 0 atom stereocenters. The zero-order chi connectivity index (χ0) is 23.4. The second kappa shape index (κ2) is 9.69. The Morgan fingerprint density at radius 1 is 0.909 bits per heavy atom. The Morgan fingerprint density at radius 3 is 2.18 bits per heavy atom. The molecule has 0 N–H and O–H groups in total. The summed E-state index contributed by atoms with van der Waals surface area (Å²) in [6, 6.07) is 18.6. The molecule has 0 saturated carbocycles. The van der Waals surface area contributed by atoms with Crippen LogP contribution in [0.4, 0.5) is 5.69 Å². The fraction of sp³-hybridized carbons (Fsp3) is 0.222. The van der Waals surface area contributed by atoms with E-state index < -0.39 is 0 Å². The minimum absolute atomic E-state index is 0.300. The number of nitrogens with zero attached hydrogens (tertiary/aromatic N) is 3. The van der Waals surface area contributed by atoms with Crippen LogP contribution in [0, 0.1) is 6.92 Å². The van der Waals surface area contributed by atoms with Gasteiger partial charge in [-0.1, -0.05) is 29.8 Å². The number of anilines is 1. The highest BCUT2D eigenvalue weighted by Crippen LogP contribution is 2.35. The number of ether oxygens (including phenoxy) is 1. The number of amides is 2. The summed E-state index contributed by atoms with van der Waals surface area (Å²) in [6.45, 7) is 5.18. The summed E-state index contributed by atoms with van der Waals surface area (Å²) in [5.41, 5.74) is 4.31. The quantitative estimate of drug-likeness (QED) is 0.489. The standard InChI is InChI=1S/C27H27N3O3/c1-4-29(18-15-20-13-16-28-17-14-20)25-24(21-7-11-23(33-3)12-8-21)26(31)30(27(25)32)22-9-5-19(2)6-10-22/h5-14,16-17H,4,15,18H2,1-3H3. The van der Waals surface area contributed by atoms with Crippen LogP contribution in [-0.2, 0) is 16.0 Å². The number of benzene rings is 2. The van der Waals surface area contributed by atoms with Crippen LogP contribution in [0.25, 0.3) is 5.57 Å². The van der Waals surface area contributed by atoms with E-state index in [1.54, 1.807) is 31.6 Å². The smallest absolute Gasteiger partial charge is 0.282 e. The summed E-state index contributed by atoms with van der Waals surface area (Å²) in [6.07, 6.45) is 4.26. The SMILES string of the molecule is CCN(CCc1ccncc1)C1=C(c2ccc(OC)cc2)C(=O)N(c2ccc(C)cc2)C1=O. The zero-order valence-corrected chi connectivity index (χ0v) is 19.1. The van der Waals surface area contributed by atoms with Crippen molar-refractivity contribution in [3.05, 3.63) is 95.4 Å². The summed E-state index contributed by atoms with van der Waals surface area (Å²) in [4.78, 5) is 34.7. The average molecular weight is 442 g/mol. The fourth-order valence-electron chi connectivity index (χ4n) is 4.00. The molecule has 0 bridgehead atoms. The number of hydrogen-bond acceptors (Lipinski definition) is 5. The van der Waals surface area contributed by atoms with E-state index in [2.05, 4.69) is 4.98 Å². The Balaban J connectivity index is 1.75. The second-order valence-corrected chi connectivity index (χ2v) is 7.92. The van der Waals surface area contributed by atoms with Crippen molar-refractivity contribution in [3.8, 4) is 5.75 Å². The number of hydrogen-bond donors (Lipinski definition) is 0. The first kappa shape index (κ1) is 22.3. The van der Waals surface area contributed by atoms with Gasteiger partial charge in [-0.05, 0) is 67.8 Å². The molecule has 1 aromatic heterocycles. The highest BCUT2D eigenvalue weighted by molar-refractivity contribution is 6.45. The molecule has 0 aliphatic carbocycles. The van der Waals surface area contributed by atoms with Crippen molar-refractivity contribution in [1.29, 1.82) is 0 Å². The molecule has 4 rings (SSSR count). The topological polar surface area (TPSA) is 62.7 Å². The van der Waals surface area contributed by atoms with Crippen molar-refractivity contribution in [2.45, 2.75) is 20.3 Å². The summed E-state index contributed by atoms with van der Waals surface area (Å²) < 4.78 is 5.27. The lowest BCUT2D eigenvalue weighted by Gasteiger charge is -2.25. The molecule has 0 spiro atoms. The van der Waals surface area contributed by atoms with E-state index in [0.717, 1.165) is 17.5 Å². The molecular formula is C27H27N3O3. The van der Waals surface area contributed by atoms with E-state index in [1.165, 1.54) is 4.90 Å². The Kier molecular flexibility index (Phi) is 6.54. The zero-order valence-electron chi connectivity index (χ0n) is 19.1. The van der Waals surface area contributed by atoms with Crippen LogP contribution < -0.4 is 9.64 Å². The van der Waals surface area contributed by atoms with E-state index in [-0.39, 0.29) is 11.8 Å². The predicted molar refractivity (Wildman–Crippen MR) is 129 cm³/mol. The molecule has 0 unspecified atom stereocenters. The van der Waals surface area contributed by atoms with Gasteiger partial charge in [-0.25, -0.2) is 4.90 Å². The van der Waals surface area contributed by atoms with Gasteiger partial charge >= 0.3 is 0 Å². The number of pyridine rings is 1. The Labute approximate surface area is 194 Å². The number of likely N-dealkylation sites (N-methyl/N-ethyl adjacent to an activating group) is 1. The molecule has 1 aliphatic rings. The highest BCUT2D eigenvalue weighted by Gasteiger charge is 2.42. The van der Waals surface area contributed by atoms with Crippen molar-refractivity contribution < 1.29 is 14.3 Å². The number of carbonyl (C=O) groups excluding carboxylic acids is 2. The minimum Gasteiger partial charge on any atom is -0.497 e. The lowest BCUT2D eigenvalue weighted by Crippen LogP contribution is -2.36. The van der Waals surface area contributed by atoms with Crippen molar-refractivity contribution >= 4 is 23.1 Å². The number of aryl methyl sites for hydroxylation is 1. The molecule has 6 nitrogen and oxygen atoms in total. The monoisotopic (exact) mass is 441 g/mol. The van der Waals surface area contributed by atoms with Crippen LogP contribution in [0.5, 0.6) is 5.75 Å². The molecule has 0 fully saturated rings. The van der Waals surface area contributed by atoms with E-state index in [1.807, 2.05) is 67.3 Å². The van der Waals surface area contributed by atoms with Crippen LogP contribution >= 0.6 is 0 Å². The third-order valence-electron chi connectivity index (χ3n) is 5.85. The predicted octanol–water partition coefficient (Wildman–Crippen LogP) is 4.25.